The highest BCUT2D eigenvalue weighted by molar-refractivity contribution is 7.92. The molecular formula is C17H19NO5S2. The van der Waals surface area contributed by atoms with E-state index in [0.717, 1.165) is 0 Å². The van der Waals surface area contributed by atoms with E-state index < -0.39 is 27.0 Å². The van der Waals surface area contributed by atoms with Gasteiger partial charge in [0.25, 0.3) is 5.91 Å². The van der Waals surface area contributed by atoms with Crippen molar-refractivity contribution < 1.29 is 22.7 Å². The summed E-state index contributed by atoms with van der Waals surface area (Å²) in [6.45, 7) is 5.15. The fourth-order valence-corrected chi connectivity index (χ4v) is 3.85. The summed E-state index contributed by atoms with van der Waals surface area (Å²) < 4.78 is 29.1. The molecule has 1 aromatic carbocycles. The maximum atomic E-state index is 12.3. The SMILES string of the molecule is CCOC(=O)c1ccsc1NC(=O)c1ccc(S(=O)(=O)C(C)C)cc1. The first-order valence-electron chi connectivity index (χ1n) is 7.67. The molecule has 8 heteroatoms. The van der Waals surface area contributed by atoms with Gasteiger partial charge in [-0.3, -0.25) is 4.79 Å². The second-order valence-electron chi connectivity index (χ2n) is 5.46. The molecule has 1 aromatic heterocycles. The van der Waals surface area contributed by atoms with Crippen molar-refractivity contribution in [1.82, 2.24) is 0 Å². The van der Waals surface area contributed by atoms with Crippen LogP contribution < -0.4 is 5.32 Å². The van der Waals surface area contributed by atoms with E-state index in [2.05, 4.69) is 5.32 Å². The average molecular weight is 381 g/mol. The fourth-order valence-electron chi connectivity index (χ4n) is 2.02. The zero-order valence-electron chi connectivity index (χ0n) is 14.1. The van der Waals surface area contributed by atoms with Gasteiger partial charge < -0.3 is 10.1 Å². The number of anilines is 1. The topological polar surface area (TPSA) is 89.5 Å². The lowest BCUT2D eigenvalue weighted by molar-refractivity contribution is 0.0528. The van der Waals surface area contributed by atoms with Crippen molar-refractivity contribution in [1.29, 1.82) is 0 Å². The molecule has 0 spiro atoms. The number of sulfone groups is 1. The third-order valence-electron chi connectivity index (χ3n) is 3.45. The van der Waals surface area contributed by atoms with Crippen LogP contribution in [0.25, 0.3) is 0 Å². The highest BCUT2D eigenvalue weighted by atomic mass is 32.2. The molecule has 2 rings (SSSR count). The minimum atomic E-state index is -3.38. The summed E-state index contributed by atoms with van der Waals surface area (Å²) in [5.41, 5.74) is 0.588. The van der Waals surface area contributed by atoms with Crippen molar-refractivity contribution >= 4 is 38.1 Å². The van der Waals surface area contributed by atoms with Gasteiger partial charge in [0.1, 0.15) is 5.00 Å². The van der Waals surface area contributed by atoms with Gasteiger partial charge in [0.2, 0.25) is 0 Å². The molecule has 0 saturated heterocycles. The molecular weight excluding hydrogens is 362 g/mol. The van der Waals surface area contributed by atoms with Crippen LogP contribution in [0.3, 0.4) is 0 Å². The van der Waals surface area contributed by atoms with Gasteiger partial charge in [0.15, 0.2) is 9.84 Å². The molecule has 0 aliphatic heterocycles. The molecule has 0 unspecified atom stereocenters. The molecule has 25 heavy (non-hydrogen) atoms. The Morgan fingerprint density at radius 1 is 1.16 bits per heavy atom. The van der Waals surface area contributed by atoms with Crippen LogP contribution in [0.5, 0.6) is 0 Å². The molecule has 134 valence electrons. The Morgan fingerprint density at radius 3 is 2.36 bits per heavy atom. The van der Waals surface area contributed by atoms with E-state index in [4.69, 9.17) is 4.74 Å². The summed E-state index contributed by atoms with van der Waals surface area (Å²) in [4.78, 5) is 24.3. The summed E-state index contributed by atoms with van der Waals surface area (Å²) in [6.07, 6.45) is 0. The summed E-state index contributed by atoms with van der Waals surface area (Å²) in [5, 5.41) is 4.19. The van der Waals surface area contributed by atoms with Crippen LogP contribution in [-0.2, 0) is 14.6 Å². The number of nitrogens with one attached hydrogen (secondary N) is 1. The fraction of sp³-hybridized carbons (Fsp3) is 0.294. The number of carbonyl (C=O) groups is 2. The zero-order valence-corrected chi connectivity index (χ0v) is 15.7. The Kier molecular flexibility index (Phi) is 5.97. The largest absolute Gasteiger partial charge is 0.462 e. The number of benzene rings is 1. The van der Waals surface area contributed by atoms with Crippen LogP contribution in [0.15, 0.2) is 40.6 Å². The molecule has 2 aromatic rings. The Balaban J connectivity index is 2.18. The smallest absolute Gasteiger partial charge is 0.341 e. The molecule has 0 radical (unpaired) electrons. The number of esters is 1. The number of ether oxygens (including phenoxy) is 1. The number of rotatable bonds is 6. The van der Waals surface area contributed by atoms with Gasteiger partial charge in [-0.15, -0.1) is 11.3 Å². The molecule has 0 aliphatic carbocycles. The third kappa shape index (κ3) is 4.26. The summed E-state index contributed by atoms with van der Waals surface area (Å²) in [5.74, 6) is -0.932. The van der Waals surface area contributed by atoms with Crippen LogP contribution >= 0.6 is 11.3 Å². The Morgan fingerprint density at radius 2 is 1.80 bits per heavy atom. The van der Waals surface area contributed by atoms with Crippen LogP contribution in [0, 0.1) is 0 Å². The first kappa shape index (κ1) is 19.1. The van der Waals surface area contributed by atoms with E-state index in [1.54, 1.807) is 32.2 Å². The Hall–Kier alpha value is -2.19. The maximum Gasteiger partial charge on any atom is 0.341 e. The highest BCUT2D eigenvalue weighted by Gasteiger charge is 2.20. The number of carbonyl (C=O) groups excluding carboxylic acids is 2. The van der Waals surface area contributed by atoms with Gasteiger partial charge in [-0.25, -0.2) is 13.2 Å². The van der Waals surface area contributed by atoms with Crippen molar-refractivity contribution in [3.8, 4) is 0 Å². The molecule has 1 amide bonds. The number of hydrogen-bond acceptors (Lipinski definition) is 6. The summed E-state index contributed by atoms with van der Waals surface area (Å²) in [6, 6.07) is 7.29. The van der Waals surface area contributed by atoms with Crippen molar-refractivity contribution in [3.63, 3.8) is 0 Å². The van der Waals surface area contributed by atoms with Crippen molar-refractivity contribution in [2.45, 2.75) is 30.9 Å². The van der Waals surface area contributed by atoms with Crippen molar-refractivity contribution in [3.05, 3.63) is 46.8 Å². The van der Waals surface area contributed by atoms with Gasteiger partial charge in [-0.2, -0.15) is 0 Å². The summed E-state index contributed by atoms with van der Waals surface area (Å²) >= 11 is 1.21. The molecule has 1 N–H and O–H groups in total. The molecule has 0 saturated carbocycles. The first-order valence-corrected chi connectivity index (χ1v) is 10.1. The Labute approximate surface area is 150 Å². The number of amides is 1. The lowest BCUT2D eigenvalue weighted by atomic mass is 10.2. The van der Waals surface area contributed by atoms with E-state index >= 15 is 0 Å². The maximum absolute atomic E-state index is 12.3. The lowest BCUT2D eigenvalue weighted by Gasteiger charge is -2.09. The van der Waals surface area contributed by atoms with E-state index in [1.165, 1.54) is 35.6 Å². The quantitative estimate of drug-likeness (QED) is 0.775. The third-order valence-corrected chi connectivity index (χ3v) is 6.45. The van der Waals surface area contributed by atoms with Crippen molar-refractivity contribution in [2.24, 2.45) is 0 Å². The second-order valence-corrected chi connectivity index (χ2v) is 8.88. The van der Waals surface area contributed by atoms with E-state index in [-0.39, 0.29) is 11.5 Å². The van der Waals surface area contributed by atoms with Crippen LogP contribution in [-0.4, -0.2) is 32.2 Å². The van der Waals surface area contributed by atoms with Gasteiger partial charge in [0, 0.05) is 5.56 Å². The van der Waals surface area contributed by atoms with Crippen LogP contribution in [0.1, 0.15) is 41.5 Å². The van der Waals surface area contributed by atoms with Crippen molar-refractivity contribution in [2.75, 3.05) is 11.9 Å². The van der Waals surface area contributed by atoms with E-state index in [0.29, 0.717) is 16.1 Å². The van der Waals surface area contributed by atoms with Crippen LogP contribution in [0.2, 0.25) is 0 Å². The zero-order chi connectivity index (χ0) is 18.6. The van der Waals surface area contributed by atoms with Gasteiger partial charge in [-0.1, -0.05) is 0 Å². The van der Waals surface area contributed by atoms with Gasteiger partial charge in [0.05, 0.1) is 22.3 Å². The van der Waals surface area contributed by atoms with Gasteiger partial charge >= 0.3 is 5.97 Å². The molecule has 0 atom stereocenters. The molecule has 0 aliphatic rings. The monoisotopic (exact) mass is 381 g/mol. The predicted molar refractivity (Wildman–Crippen MR) is 97.0 cm³/mol. The van der Waals surface area contributed by atoms with Crippen LogP contribution in [0.4, 0.5) is 5.00 Å². The Bertz CT molecular complexity index is 867. The minimum absolute atomic E-state index is 0.169. The molecule has 1 heterocycles. The molecule has 0 fully saturated rings. The molecule has 6 nitrogen and oxygen atoms in total. The normalized spacial score (nSPS) is 11.4. The van der Waals surface area contributed by atoms with Gasteiger partial charge in [-0.05, 0) is 56.5 Å². The lowest BCUT2D eigenvalue weighted by Crippen LogP contribution is -2.16. The second kappa shape index (κ2) is 7.79. The minimum Gasteiger partial charge on any atom is -0.462 e. The standard InChI is InChI=1S/C17H19NO5S2/c1-4-23-17(20)14-9-10-24-16(14)18-15(19)12-5-7-13(8-6-12)25(21,22)11(2)3/h5-11H,4H2,1-3H3,(H,18,19). The van der Waals surface area contributed by atoms with E-state index in [9.17, 15) is 18.0 Å². The number of thiophene rings is 1. The predicted octanol–water partition coefficient (Wildman–Crippen LogP) is 3.36. The average Bonchev–Trinajstić information content (AvgIpc) is 3.03. The number of hydrogen-bond donors (Lipinski definition) is 1. The highest BCUT2D eigenvalue weighted by Crippen LogP contribution is 2.25. The molecule has 0 bridgehead atoms. The summed E-state index contributed by atoms with van der Waals surface area (Å²) in [7, 11) is -3.38. The van der Waals surface area contributed by atoms with E-state index in [1.807, 2.05) is 0 Å². The first-order chi connectivity index (χ1) is 11.8.